The highest BCUT2D eigenvalue weighted by atomic mass is 15.0. The minimum absolute atomic E-state index is 0.599. The Balaban J connectivity index is 1.45. The maximum atomic E-state index is 3.59. The molecular weight excluding hydrogens is 220 g/mol. The van der Waals surface area contributed by atoms with E-state index in [2.05, 4.69) is 47.9 Å². The molecule has 2 rings (SSSR count). The lowest BCUT2D eigenvalue weighted by molar-refractivity contribution is 0.489. The van der Waals surface area contributed by atoms with Crippen molar-refractivity contribution in [2.75, 3.05) is 13.1 Å². The third-order valence-corrected chi connectivity index (χ3v) is 3.52. The van der Waals surface area contributed by atoms with E-state index in [0.717, 1.165) is 19.1 Å². The number of benzene rings is 1. The second-order valence-corrected chi connectivity index (χ2v) is 5.48. The van der Waals surface area contributed by atoms with Crippen LogP contribution in [0.25, 0.3) is 0 Å². The Morgan fingerprint density at radius 3 is 2.67 bits per heavy atom. The highest BCUT2D eigenvalue weighted by Crippen LogP contribution is 2.18. The van der Waals surface area contributed by atoms with E-state index in [9.17, 15) is 0 Å². The van der Waals surface area contributed by atoms with Gasteiger partial charge in [0.15, 0.2) is 0 Å². The van der Waals surface area contributed by atoms with Gasteiger partial charge in [0, 0.05) is 18.6 Å². The van der Waals surface area contributed by atoms with E-state index in [1.165, 1.54) is 37.7 Å². The van der Waals surface area contributed by atoms with Gasteiger partial charge in [0.25, 0.3) is 0 Å². The second kappa shape index (κ2) is 7.55. The minimum Gasteiger partial charge on any atom is -0.313 e. The maximum Gasteiger partial charge on any atom is 0.0164 e. The molecule has 1 saturated carbocycles. The summed E-state index contributed by atoms with van der Waals surface area (Å²) in [5, 5.41) is 7.15. The summed E-state index contributed by atoms with van der Waals surface area (Å²) in [7, 11) is 0. The van der Waals surface area contributed by atoms with E-state index in [0.29, 0.717) is 6.04 Å². The van der Waals surface area contributed by atoms with Crippen molar-refractivity contribution in [1.29, 1.82) is 0 Å². The molecule has 0 aromatic heterocycles. The molecule has 1 aliphatic carbocycles. The molecule has 2 N–H and O–H groups in total. The first-order chi connectivity index (χ1) is 8.84. The summed E-state index contributed by atoms with van der Waals surface area (Å²) in [6.45, 7) is 4.52. The zero-order valence-electron chi connectivity index (χ0n) is 11.5. The predicted octanol–water partition coefficient (Wildman–Crippen LogP) is 2.74. The Labute approximate surface area is 111 Å². The predicted molar refractivity (Wildman–Crippen MR) is 77.9 cm³/mol. The van der Waals surface area contributed by atoms with Gasteiger partial charge >= 0.3 is 0 Å². The van der Waals surface area contributed by atoms with Crippen LogP contribution in [0.5, 0.6) is 0 Å². The second-order valence-electron chi connectivity index (χ2n) is 5.48. The Morgan fingerprint density at radius 1 is 1.17 bits per heavy atom. The lowest BCUT2D eigenvalue weighted by Crippen LogP contribution is -2.37. The fourth-order valence-corrected chi connectivity index (χ4v) is 2.15. The Bertz CT molecular complexity index is 319. The van der Waals surface area contributed by atoms with Gasteiger partial charge in [0.05, 0.1) is 0 Å². The average Bonchev–Trinajstić information content (AvgIpc) is 3.21. The summed E-state index contributed by atoms with van der Waals surface area (Å²) in [5.41, 5.74) is 1.46. The molecule has 0 bridgehead atoms. The third kappa shape index (κ3) is 5.65. The summed E-state index contributed by atoms with van der Waals surface area (Å²) in [6.07, 6.45) is 6.51. The molecule has 1 fully saturated rings. The molecule has 0 saturated heterocycles. The molecule has 18 heavy (non-hydrogen) atoms. The minimum atomic E-state index is 0.599. The van der Waals surface area contributed by atoms with Crippen LogP contribution in [0.15, 0.2) is 30.3 Å². The van der Waals surface area contributed by atoms with E-state index >= 15 is 0 Å². The molecule has 0 aliphatic heterocycles. The van der Waals surface area contributed by atoms with Crippen LogP contribution in [0.4, 0.5) is 0 Å². The topological polar surface area (TPSA) is 24.1 Å². The lowest BCUT2D eigenvalue weighted by atomic mass is 10.1. The smallest absolute Gasteiger partial charge is 0.0164 e. The van der Waals surface area contributed by atoms with E-state index in [-0.39, 0.29) is 0 Å². The molecule has 1 aliphatic rings. The summed E-state index contributed by atoms with van der Waals surface area (Å²) in [4.78, 5) is 0. The van der Waals surface area contributed by atoms with Crippen LogP contribution in [0.1, 0.15) is 38.2 Å². The van der Waals surface area contributed by atoms with Gasteiger partial charge in [-0.25, -0.2) is 0 Å². The largest absolute Gasteiger partial charge is 0.313 e. The van der Waals surface area contributed by atoms with Gasteiger partial charge < -0.3 is 10.6 Å². The van der Waals surface area contributed by atoms with Crippen LogP contribution in [0.2, 0.25) is 0 Å². The van der Waals surface area contributed by atoms with Crippen LogP contribution in [0, 0.1) is 0 Å². The monoisotopic (exact) mass is 246 g/mol. The summed E-state index contributed by atoms with van der Waals surface area (Å²) >= 11 is 0. The molecule has 2 heteroatoms. The van der Waals surface area contributed by atoms with Crippen molar-refractivity contribution in [3.05, 3.63) is 35.9 Å². The van der Waals surface area contributed by atoms with E-state index in [4.69, 9.17) is 0 Å². The Morgan fingerprint density at radius 2 is 1.94 bits per heavy atom. The first kappa shape index (κ1) is 13.6. The van der Waals surface area contributed by atoms with Gasteiger partial charge in [0.1, 0.15) is 0 Å². The standard InChI is InChI=1S/C16H26N2/c1-14(13-18-16-10-11-16)17-12-6-5-9-15-7-3-2-4-8-15/h2-4,7-8,14,16-18H,5-6,9-13H2,1H3. The van der Waals surface area contributed by atoms with Crippen LogP contribution >= 0.6 is 0 Å². The van der Waals surface area contributed by atoms with Crippen molar-refractivity contribution >= 4 is 0 Å². The molecule has 2 nitrogen and oxygen atoms in total. The first-order valence-corrected chi connectivity index (χ1v) is 7.35. The third-order valence-electron chi connectivity index (χ3n) is 3.52. The average molecular weight is 246 g/mol. The molecule has 1 unspecified atom stereocenters. The lowest BCUT2D eigenvalue weighted by Gasteiger charge is -2.14. The van der Waals surface area contributed by atoms with Crippen LogP contribution in [0.3, 0.4) is 0 Å². The maximum absolute atomic E-state index is 3.59. The quantitative estimate of drug-likeness (QED) is 0.655. The van der Waals surface area contributed by atoms with Gasteiger partial charge in [-0.05, 0) is 51.1 Å². The van der Waals surface area contributed by atoms with E-state index < -0.39 is 0 Å². The van der Waals surface area contributed by atoms with Crippen molar-refractivity contribution in [1.82, 2.24) is 10.6 Å². The van der Waals surface area contributed by atoms with Crippen molar-refractivity contribution in [2.45, 2.75) is 51.1 Å². The van der Waals surface area contributed by atoms with Crippen LogP contribution in [-0.2, 0) is 6.42 Å². The highest BCUT2D eigenvalue weighted by Gasteiger charge is 2.20. The fourth-order valence-electron chi connectivity index (χ4n) is 2.15. The van der Waals surface area contributed by atoms with Crippen molar-refractivity contribution in [2.24, 2.45) is 0 Å². The number of hydrogen-bond donors (Lipinski definition) is 2. The zero-order valence-corrected chi connectivity index (χ0v) is 11.5. The van der Waals surface area contributed by atoms with Crippen molar-refractivity contribution in [3.8, 4) is 0 Å². The molecule has 0 heterocycles. The summed E-state index contributed by atoms with van der Waals surface area (Å²) < 4.78 is 0. The van der Waals surface area contributed by atoms with Gasteiger partial charge in [-0.1, -0.05) is 30.3 Å². The SMILES string of the molecule is CC(CNC1CC1)NCCCCc1ccccc1. The molecule has 0 amide bonds. The summed E-state index contributed by atoms with van der Waals surface area (Å²) in [6, 6.07) is 12.2. The molecule has 1 atom stereocenters. The number of aryl methyl sites for hydroxylation is 1. The van der Waals surface area contributed by atoms with Crippen LogP contribution < -0.4 is 10.6 Å². The number of unbranched alkanes of at least 4 members (excludes halogenated alkanes) is 1. The molecule has 1 aromatic carbocycles. The van der Waals surface area contributed by atoms with E-state index in [1.807, 2.05) is 0 Å². The molecule has 0 spiro atoms. The zero-order chi connectivity index (χ0) is 12.6. The van der Waals surface area contributed by atoms with Gasteiger partial charge in [-0.15, -0.1) is 0 Å². The number of nitrogens with one attached hydrogen (secondary N) is 2. The van der Waals surface area contributed by atoms with E-state index in [1.54, 1.807) is 0 Å². The molecule has 1 aromatic rings. The highest BCUT2D eigenvalue weighted by molar-refractivity contribution is 5.14. The molecule has 100 valence electrons. The first-order valence-electron chi connectivity index (χ1n) is 7.35. The normalized spacial score (nSPS) is 16.7. The fraction of sp³-hybridized carbons (Fsp3) is 0.625. The summed E-state index contributed by atoms with van der Waals surface area (Å²) in [5.74, 6) is 0. The Kier molecular flexibility index (Phi) is 5.69. The van der Waals surface area contributed by atoms with Gasteiger partial charge in [-0.2, -0.15) is 0 Å². The van der Waals surface area contributed by atoms with Gasteiger partial charge in [0.2, 0.25) is 0 Å². The van der Waals surface area contributed by atoms with Crippen molar-refractivity contribution < 1.29 is 0 Å². The molecular formula is C16H26N2. The van der Waals surface area contributed by atoms with Crippen LogP contribution in [-0.4, -0.2) is 25.2 Å². The number of rotatable bonds is 9. The van der Waals surface area contributed by atoms with Crippen molar-refractivity contribution in [3.63, 3.8) is 0 Å². The van der Waals surface area contributed by atoms with Gasteiger partial charge in [-0.3, -0.25) is 0 Å². The Hall–Kier alpha value is -0.860. The number of hydrogen-bond acceptors (Lipinski definition) is 2. The molecule has 0 radical (unpaired) electrons.